The Hall–Kier alpha value is -2.56. The number of thiophene rings is 1. The highest BCUT2D eigenvalue weighted by atomic mass is 32.2. The number of aromatic amines is 1. The Labute approximate surface area is 209 Å². The molecule has 0 aliphatic heterocycles. The van der Waals surface area contributed by atoms with Crippen molar-refractivity contribution >= 4 is 55.7 Å². The fourth-order valence-corrected chi connectivity index (χ4v) is 6.77. The number of hydrogen-bond donors (Lipinski definition) is 2. The molecule has 1 unspecified atom stereocenters. The summed E-state index contributed by atoms with van der Waals surface area (Å²) in [5.74, 6) is -0.171. The molecule has 0 fully saturated rings. The van der Waals surface area contributed by atoms with Crippen LogP contribution in [0.25, 0.3) is 21.3 Å². The van der Waals surface area contributed by atoms with Crippen molar-refractivity contribution in [3.05, 3.63) is 50.1 Å². The molecule has 1 atom stereocenters. The lowest BCUT2D eigenvalue weighted by Crippen LogP contribution is -2.25. The van der Waals surface area contributed by atoms with Gasteiger partial charge in [-0.15, -0.1) is 21.5 Å². The van der Waals surface area contributed by atoms with Crippen molar-refractivity contribution in [2.24, 2.45) is 0 Å². The molecule has 34 heavy (non-hydrogen) atoms. The van der Waals surface area contributed by atoms with E-state index in [0.29, 0.717) is 26.9 Å². The summed E-state index contributed by atoms with van der Waals surface area (Å²) >= 11 is 4.10. The molecule has 3 aromatic heterocycles. The van der Waals surface area contributed by atoms with Crippen LogP contribution in [0.2, 0.25) is 0 Å². The van der Waals surface area contributed by atoms with Gasteiger partial charge in [-0.05, 0) is 55.2 Å². The first-order valence-electron chi connectivity index (χ1n) is 11.5. The number of carbonyl (C=O) groups excluding carboxylic acids is 1. The lowest BCUT2D eigenvalue weighted by Gasteiger charge is -2.16. The average Bonchev–Trinajstić information content (AvgIpc) is 3.49. The van der Waals surface area contributed by atoms with Crippen molar-refractivity contribution in [3.8, 4) is 11.1 Å². The van der Waals surface area contributed by atoms with E-state index >= 15 is 0 Å². The molecule has 1 aliphatic carbocycles. The normalized spacial score (nSPS) is 14.2. The number of thioether (sulfide) groups is 1. The van der Waals surface area contributed by atoms with Crippen molar-refractivity contribution < 1.29 is 4.79 Å². The van der Waals surface area contributed by atoms with E-state index in [1.807, 2.05) is 19.2 Å². The molecule has 0 spiro atoms. The SMILES string of the molecule is CCc1nnc(NC(=O)C(CC)Sc2nc3scc(-c4ccc5c(c4)CCCC5)c3c(=O)[nH]2)s1. The van der Waals surface area contributed by atoms with Crippen LogP contribution >= 0.6 is 34.4 Å². The fraction of sp³-hybridized carbons (Fsp3) is 0.375. The lowest BCUT2D eigenvalue weighted by atomic mass is 9.89. The molecule has 1 amide bonds. The van der Waals surface area contributed by atoms with E-state index in [9.17, 15) is 9.59 Å². The molecule has 2 N–H and O–H groups in total. The van der Waals surface area contributed by atoms with Crippen LogP contribution in [0.3, 0.4) is 0 Å². The summed E-state index contributed by atoms with van der Waals surface area (Å²) in [6.07, 6.45) is 6.05. The van der Waals surface area contributed by atoms with E-state index in [-0.39, 0.29) is 11.5 Å². The van der Waals surface area contributed by atoms with Crippen molar-refractivity contribution in [2.45, 2.75) is 62.8 Å². The molecule has 0 bridgehead atoms. The zero-order chi connectivity index (χ0) is 23.7. The number of amides is 1. The maximum atomic E-state index is 13.1. The van der Waals surface area contributed by atoms with Crippen molar-refractivity contribution in [3.63, 3.8) is 0 Å². The zero-order valence-corrected chi connectivity index (χ0v) is 21.5. The largest absolute Gasteiger partial charge is 0.301 e. The number of rotatable bonds is 7. The Morgan fingerprint density at radius 3 is 2.79 bits per heavy atom. The molecule has 5 rings (SSSR count). The molecule has 3 heterocycles. The summed E-state index contributed by atoms with van der Waals surface area (Å²) in [6.45, 7) is 3.93. The molecule has 1 aliphatic rings. The predicted octanol–water partition coefficient (Wildman–Crippen LogP) is 5.45. The third-order valence-corrected chi connectivity index (χ3v) is 9.10. The van der Waals surface area contributed by atoms with Gasteiger partial charge in [-0.2, -0.15) is 0 Å². The molecular weight excluding hydrogens is 486 g/mol. The molecule has 0 saturated carbocycles. The van der Waals surface area contributed by atoms with Gasteiger partial charge in [-0.1, -0.05) is 55.1 Å². The Balaban J connectivity index is 1.39. The van der Waals surface area contributed by atoms with Gasteiger partial charge in [0, 0.05) is 10.9 Å². The Bertz CT molecular complexity index is 1410. The topological polar surface area (TPSA) is 101 Å². The first-order valence-corrected chi connectivity index (χ1v) is 14.1. The number of nitrogens with zero attached hydrogens (tertiary/aromatic N) is 3. The highest BCUT2D eigenvalue weighted by Gasteiger charge is 2.22. The van der Waals surface area contributed by atoms with Crippen LogP contribution in [-0.4, -0.2) is 31.3 Å². The maximum absolute atomic E-state index is 13.1. The summed E-state index contributed by atoms with van der Waals surface area (Å²) in [6, 6.07) is 6.54. The minimum absolute atomic E-state index is 0.171. The molecule has 10 heteroatoms. The second-order valence-corrected chi connectivity index (χ2v) is 11.4. The van der Waals surface area contributed by atoms with E-state index in [0.717, 1.165) is 35.4 Å². The summed E-state index contributed by atoms with van der Waals surface area (Å²) in [4.78, 5) is 34.2. The minimum Gasteiger partial charge on any atom is -0.301 e. The lowest BCUT2D eigenvalue weighted by molar-refractivity contribution is -0.115. The number of aromatic nitrogens is 4. The van der Waals surface area contributed by atoms with Crippen LogP contribution in [-0.2, 0) is 24.1 Å². The number of H-pyrrole nitrogens is 1. The molecule has 7 nitrogen and oxygen atoms in total. The molecule has 0 radical (unpaired) electrons. The summed E-state index contributed by atoms with van der Waals surface area (Å²) in [5.41, 5.74) is 4.62. The van der Waals surface area contributed by atoms with Crippen molar-refractivity contribution in [1.82, 2.24) is 20.2 Å². The van der Waals surface area contributed by atoms with Gasteiger partial charge in [0.2, 0.25) is 11.0 Å². The third-order valence-electron chi connectivity index (χ3n) is 6.00. The number of benzene rings is 1. The third kappa shape index (κ3) is 4.67. The molecule has 4 aromatic rings. The minimum atomic E-state index is -0.408. The first-order chi connectivity index (χ1) is 16.6. The fourth-order valence-electron chi connectivity index (χ4n) is 4.19. The van der Waals surface area contributed by atoms with E-state index in [1.54, 1.807) is 0 Å². The van der Waals surface area contributed by atoms with Gasteiger partial charge >= 0.3 is 0 Å². The zero-order valence-electron chi connectivity index (χ0n) is 19.0. The highest BCUT2D eigenvalue weighted by Crippen LogP contribution is 2.34. The van der Waals surface area contributed by atoms with E-state index < -0.39 is 5.25 Å². The smallest absolute Gasteiger partial charge is 0.260 e. The van der Waals surface area contributed by atoms with E-state index in [2.05, 4.69) is 43.7 Å². The van der Waals surface area contributed by atoms with Gasteiger partial charge in [0.1, 0.15) is 9.84 Å². The van der Waals surface area contributed by atoms with E-state index in [4.69, 9.17) is 0 Å². The van der Waals surface area contributed by atoms with Gasteiger partial charge < -0.3 is 4.98 Å². The number of hydrogen-bond acceptors (Lipinski definition) is 8. The number of anilines is 1. The number of carbonyl (C=O) groups is 1. The molecular formula is C24H25N5O2S3. The standard InChI is InChI=1S/C24H25N5O2S3/c1-3-17(20(30)25-24-29-28-18(4-2)34-24)33-23-26-21(31)19-16(12-32-22(19)27-23)15-10-9-13-7-5-6-8-14(13)11-15/h9-12,17H,3-8H2,1-2H3,(H,25,29,30)(H,26,27,31). The summed E-state index contributed by atoms with van der Waals surface area (Å²) < 4.78 is 0. The Morgan fingerprint density at radius 2 is 2.03 bits per heavy atom. The van der Waals surface area contributed by atoms with Crippen LogP contribution in [0.4, 0.5) is 5.13 Å². The van der Waals surface area contributed by atoms with Gasteiger partial charge in [0.05, 0.1) is 10.6 Å². The van der Waals surface area contributed by atoms with Gasteiger partial charge in [-0.3, -0.25) is 14.9 Å². The quantitative estimate of drug-likeness (QED) is 0.253. The molecule has 176 valence electrons. The van der Waals surface area contributed by atoms with Crippen molar-refractivity contribution in [1.29, 1.82) is 0 Å². The number of nitrogens with one attached hydrogen (secondary N) is 2. The van der Waals surface area contributed by atoms with Crippen LogP contribution in [0.1, 0.15) is 49.2 Å². The monoisotopic (exact) mass is 511 g/mol. The predicted molar refractivity (Wildman–Crippen MR) is 140 cm³/mol. The van der Waals surface area contributed by atoms with Gasteiger partial charge in [-0.25, -0.2) is 4.98 Å². The average molecular weight is 512 g/mol. The molecule has 1 aromatic carbocycles. The first kappa shape index (κ1) is 23.2. The molecule has 0 saturated heterocycles. The maximum Gasteiger partial charge on any atom is 0.260 e. The summed E-state index contributed by atoms with van der Waals surface area (Å²) in [7, 11) is 0. The van der Waals surface area contributed by atoms with Gasteiger partial charge in [0.25, 0.3) is 5.56 Å². The van der Waals surface area contributed by atoms with Gasteiger partial charge in [0.15, 0.2) is 5.16 Å². The number of aryl methyl sites for hydroxylation is 3. The van der Waals surface area contributed by atoms with Crippen LogP contribution in [0.5, 0.6) is 0 Å². The number of fused-ring (bicyclic) bond motifs is 2. The van der Waals surface area contributed by atoms with E-state index in [1.165, 1.54) is 58.4 Å². The second-order valence-electron chi connectivity index (χ2n) is 8.25. The van der Waals surface area contributed by atoms with Crippen molar-refractivity contribution in [2.75, 3.05) is 5.32 Å². The second kappa shape index (κ2) is 9.97. The highest BCUT2D eigenvalue weighted by molar-refractivity contribution is 8.00. The Morgan fingerprint density at radius 1 is 1.21 bits per heavy atom. The van der Waals surface area contributed by atoms with Crippen LogP contribution in [0, 0.1) is 0 Å². The van der Waals surface area contributed by atoms with Crippen LogP contribution in [0.15, 0.2) is 33.5 Å². The Kier molecular flexibility index (Phi) is 6.80. The summed E-state index contributed by atoms with van der Waals surface area (Å²) in [5, 5.41) is 14.9. The van der Waals surface area contributed by atoms with Crippen LogP contribution < -0.4 is 10.9 Å².